The minimum absolute atomic E-state index is 0.160. The van der Waals surface area contributed by atoms with E-state index in [1.54, 1.807) is 0 Å². The van der Waals surface area contributed by atoms with Crippen molar-refractivity contribution in [1.82, 2.24) is 10.2 Å². The van der Waals surface area contributed by atoms with Crippen molar-refractivity contribution in [3.8, 4) is 0 Å². The lowest BCUT2D eigenvalue weighted by atomic mass is 10.1. The molecule has 104 valence electrons. The number of aryl methyl sites for hydroxylation is 1. The van der Waals surface area contributed by atoms with Gasteiger partial charge in [-0.25, -0.2) is 0 Å². The SMILES string of the molecule is O=C(O)Cc1nnc(NC(=O)CCc2ccccc2)s1. The van der Waals surface area contributed by atoms with Gasteiger partial charge in [0.1, 0.15) is 5.01 Å². The summed E-state index contributed by atoms with van der Waals surface area (Å²) in [5.41, 5.74) is 1.09. The number of rotatable bonds is 6. The number of hydrogen-bond acceptors (Lipinski definition) is 5. The van der Waals surface area contributed by atoms with Crippen LogP contribution in [-0.4, -0.2) is 27.2 Å². The molecule has 0 radical (unpaired) electrons. The highest BCUT2D eigenvalue weighted by molar-refractivity contribution is 7.15. The van der Waals surface area contributed by atoms with Crippen LogP contribution in [0.5, 0.6) is 0 Å². The monoisotopic (exact) mass is 291 g/mol. The van der Waals surface area contributed by atoms with Gasteiger partial charge in [-0.05, 0) is 12.0 Å². The third-order valence-electron chi connectivity index (χ3n) is 2.50. The van der Waals surface area contributed by atoms with Crippen LogP contribution in [-0.2, 0) is 22.4 Å². The molecule has 6 nitrogen and oxygen atoms in total. The normalized spacial score (nSPS) is 10.2. The van der Waals surface area contributed by atoms with E-state index in [1.165, 1.54) is 0 Å². The number of aromatic nitrogens is 2. The third kappa shape index (κ3) is 4.43. The third-order valence-corrected chi connectivity index (χ3v) is 3.34. The molecule has 0 aliphatic rings. The Balaban J connectivity index is 1.82. The van der Waals surface area contributed by atoms with E-state index < -0.39 is 5.97 Å². The molecule has 0 saturated carbocycles. The molecule has 0 spiro atoms. The minimum atomic E-state index is -0.969. The second-order valence-corrected chi connectivity index (χ2v) is 5.17. The first kappa shape index (κ1) is 14.1. The fourth-order valence-corrected chi connectivity index (χ4v) is 2.34. The van der Waals surface area contributed by atoms with E-state index in [-0.39, 0.29) is 12.3 Å². The van der Waals surface area contributed by atoms with E-state index in [1.807, 2.05) is 30.3 Å². The van der Waals surface area contributed by atoms with Crippen LogP contribution in [0.2, 0.25) is 0 Å². The molecule has 0 unspecified atom stereocenters. The average molecular weight is 291 g/mol. The molecule has 7 heteroatoms. The van der Waals surface area contributed by atoms with E-state index in [4.69, 9.17) is 5.11 Å². The number of carboxylic acids is 1. The maximum absolute atomic E-state index is 11.7. The number of carbonyl (C=O) groups excluding carboxylic acids is 1. The Bertz CT molecular complexity index is 598. The van der Waals surface area contributed by atoms with Crippen LogP contribution in [0.25, 0.3) is 0 Å². The number of nitrogens with zero attached hydrogens (tertiary/aromatic N) is 2. The lowest BCUT2D eigenvalue weighted by Gasteiger charge is -2.01. The van der Waals surface area contributed by atoms with E-state index in [0.29, 0.717) is 23.0 Å². The van der Waals surface area contributed by atoms with Crippen molar-refractivity contribution in [2.75, 3.05) is 5.32 Å². The van der Waals surface area contributed by atoms with Crippen LogP contribution in [0, 0.1) is 0 Å². The van der Waals surface area contributed by atoms with Crippen molar-refractivity contribution in [2.45, 2.75) is 19.3 Å². The van der Waals surface area contributed by atoms with Crippen molar-refractivity contribution in [3.05, 3.63) is 40.9 Å². The highest BCUT2D eigenvalue weighted by atomic mass is 32.1. The number of hydrogen-bond donors (Lipinski definition) is 2. The molecule has 20 heavy (non-hydrogen) atoms. The Hall–Kier alpha value is -2.28. The zero-order chi connectivity index (χ0) is 14.4. The Kier molecular flexibility index (Phi) is 4.78. The van der Waals surface area contributed by atoms with Crippen LogP contribution in [0.4, 0.5) is 5.13 Å². The standard InChI is InChI=1S/C13H13N3O3S/c17-10(7-6-9-4-2-1-3-5-9)14-13-16-15-11(20-13)8-12(18)19/h1-5H,6-8H2,(H,18,19)(H,14,16,17). The fourth-order valence-electron chi connectivity index (χ4n) is 1.59. The average Bonchev–Trinajstić information content (AvgIpc) is 2.84. The Labute approximate surface area is 119 Å². The van der Waals surface area contributed by atoms with Gasteiger partial charge in [0.2, 0.25) is 11.0 Å². The topological polar surface area (TPSA) is 92.2 Å². The van der Waals surface area contributed by atoms with Crippen LogP contribution in [0.1, 0.15) is 17.0 Å². The van der Waals surface area contributed by atoms with Gasteiger partial charge < -0.3 is 10.4 Å². The summed E-state index contributed by atoms with van der Waals surface area (Å²) in [6.07, 6.45) is 0.808. The number of carboxylic acid groups (broad SMARTS) is 1. The molecule has 2 rings (SSSR count). The first-order valence-electron chi connectivity index (χ1n) is 6.01. The largest absolute Gasteiger partial charge is 0.481 e. The quantitative estimate of drug-likeness (QED) is 0.845. The van der Waals surface area contributed by atoms with Gasteiger partial charge in [-0.1, -0.05) is 41.7 Å². The lowest BCUT2D eigenvalue weighted by Crippen LogP contribution is -2.12. The summed E-state index contributed by atoms with van der Waals surface area (Å²) in [6, 6.07) is 9.70. The van der Waals surface area contributed by atoms with E-state index in [2.05, 4.69) is 15.5 Å². The molecule has 0 atom stereocenters. The molecular weight excluding hydrogens is 278 g/mol. The van der Waals surface area contributed by atoms with Gasteiger partial charge in [0.25, 0.3) is 0 Å². The smallest absolute Gasteiger partial charge is 0.310 e. The maximum Gasteiger partial charge on any atom is 0.310 e. The zero-order valence-electron chi connectivity index (χ0n) is 10.6. The summed E-state index contributed by atoms with van der Waals surface area (Å²) in [5, 5.41) is 19.4. The van der Waals surface area contributed by atoms with Crippen LogP contribution < -0.4 is 5.32 Å². The Morgan fingerprint density at radius 2 is 1.95 bits per heavy atom. The predicted octanol–water partition coefficient (Wildman–Crippen LogP) is 1.74. The number of benzene rings is 1. The molecule has 0 bridgehead atoms. The number of aliphatic carboxylic acids is 1. The van der Waals surface area contributed by atoms with E-state index in [9.17, 15) is 9.59 Å². The second kappa shape index (κ2) is 6.76. The number of carbonyl (C=O) groups is 2. The molecule has 2 N–H and O–H groups in total. The van der Waals surface area contributed by atoms with E-state index >= 15 is 0 Å². The summed E-state index contributed by atoms with van der Waals surface area (Å²) < 4.78 is 0. The minimum Gasteiger partial charge on any atom is -0.481 e. The summed E-state index contributed by atoms with van der Waals surface area (Å²) in [6.45, 7) is 0. The molecule has 2 aromatic rings. The number of nitrogens with one attached hydrogen (secondary N) is 1. The van der Waals surface area contributed by atoms with Gasteiger partial charge in [-0.15, -0.1) is 10.2 Å². The molecule has 0 aliphatic carbocycles. The summed E-state index contributed by atoms with van der Waals surface area (Å²) in [5.74, 6) is -1.13. The van der Waals surface area contributed by atoms with Crippen molar-refractivity contribution >= 4 is 28.3 Å². The van der Waals surface area contributed by atoms with Gasteiger partial charge in [-0.3, -0.25) is 9.59 Å². The zero-order valence-corrected chi connectivity index (χ0v) is 11.4. The van der Waals surface area contributed by atoms with E-state index in [0.717, 1.165) is 16.9 Å². The molecule has 1 aromatic carbocycles. The summed E-state index contributed by atoms with van der Waals surface area (Å²) in [4.78, 5) is 22.2. The molecule has 0 aliphatic heterocycles. The predicted molar refractivity (Wildman–Crippen MR) is 74.6 cm³/mol. The summed E-state index contributed by atoms with van der Waals surface area (Å²) in [7, 11) is 0. The number of anilines is 1. The van der Waals surface area contributed by atoms with Crippen LogP contribution in [0.3, 0.4) is 0 Å². The highest BCUT2D eigenvalue weighted by Gasteiger charge is 2.10. The van der Waals surface area contributed by atoms with Gasteiger partial charge >= 0.3 is 5.97 Å². The van der Waals surface area contributed by atoms with Crippen molar-refractivity contribution in [2.24, 2.45) is 0 Å². The Morgan fingerprint density at radius 3 is 2.65 bits per heavy atom. The molecule has 1 heterocycles. The first-order valence-corrected chi connectivity index (χ1v) is 6.83. The molecule has 0 fully saturated rings. The first-order chi connectivity index (χ1) is 9.63. The number of amides is 1. The maximum atomic E-state index is 11.7. The fraction of sp³-hybridized carbons (Fsp3) is 0.231. The van der Waals surface area contributed by atoms with Crippen LogP contribution >= 0.6 is 11.3 Å². The van der Waals surface area contributed by atoms with Crippen molar-refractivity contribution in [1.29, 1.82) is 0 Å². The molecule has 1 aromatic heterocycles. The summed E-state index contributed by atoms with van der Waals surface area (Å²) >= 11 is 1.08. The lowest BCUT2D eigenvalue weighted by molar-refractivity contribution is -0.136. The highest BCUT2D eigenvalue weighted by Crippen LogP contribution is 2.16. The van der Waals surface area contributed by atoms with Gasteiger partial charge in [0.05, 0.1) is 6.42 Å². The van der Waals surface area contributed by atoms with Gasteiger partial charge in [-0.2, -0.15) is 0 Å². The van der Waals surface area contributed by atoms with Gasteiger partial charge in [0.15, 0.2) is 0 Å². The Morgan fingerprint density at radius 1 is 1.20 bits per heavy atom. The van der Waals surface area contributed by atoms with Crippen molar-refractivity contribution in [3.63, 3.8) is 0 Å². The van der Waals surface area contributed by atoms with Crippen molar-refractivity contribution < 1.29 is 14.7 Å². The second-order valence-electron chi connectivity index (χ2n) is 4.11. The van der Waals surface area contributed by atoms with Gasteiger partial charge in [0, 0.05) is 6.42 Å². The molecular formula is C13H13N3O3S. The molecule has 1 amide bonds. The molecule has 0 saturated heterocycles. The van der Waals surface area contributed by atoms with Crippen LogP contribution in [0.15, 0.2) is 30.3 Å².